The molecular weight excluding hydrogens is 144 g/mol. The third-order valence-electron chi connectivity index (χ3n) is 1.32. The van der Waals surface area contributed by atoms with E-state index in [1.807, 2.05) is 0 Å². The van der Waals surface area contributed by atoms with Gasteiger partial charge in [-0.25, -0.2) is 4.79 Å². The van der Waals surface area contributed by atoms with Crippen molar-refractivity contribution in [1.82, 2.24) is 0 Å². The maximum absolute atomic E-state index is 10.3. The van der Waals surface area contributed by atoms with Crippen molar-refractivity contribution >= 4 is 5.97 Å². The van der Waals surface area contributed by atoms with Crippen LogP contribution in [0.15, 0.2) is 12.2 Å². The van der Waals surface area contributed by atoms with E-state index in [1.165, 1.54) is 12.5 Å². The summed E-state index contributed by atoms with van der Waals surface area (Å²) < 4.78 is 0. The molecule has 0 aliphatic rings. The molecule has 0 bridgehead atoms. The molecule has 0 aliphatic heterocycles. The van der Waals surface area contributed by atoms with Gasteiger partial charge < -0.3 is 0 Å². The van der Waals surface area contributed by atoms with Gasteiger partial charge in [0.1, 0.15) is 0 Å². The van der Waals surface area contributed by atoms with E-state index in [1.54, 1.807) is 6.08 Å². The van der Waals surface area contributed by atoms with E-state index >= 15 is 0 Å². The molecule has 0 saturated carbocycles. The molecule has 3 nitrogen and oxygen atoms in total. The third kappa shape index (κ3) is 7.06. The molecule has 0 saturated heterocycles. The van der Waals surface area contributed by atoms with Crippen LogP contribution in [-0.4, -0.2) is 11.2 Å². The number of allylic oxidation sites excluding steroid dienone is 1. The van der Waals surface area contributed by atoms with E-state index in [9.17, 15) is 4.79 Å². The van der Waals surface area contributed by atoms with Gasteiger partial charge in [-0.2, -0.15) is 5.26 Å². The summed E-state index contributed by atoms with van der Waals surface area (Å²) in [5, 5.41) is 7.84. The summed E-state index contributed by atoms with van der Waals surface area (Å²) in [5.74, 6) is -0.707. The Morgan fingerprint density at radius 3 is 2.82 bits per heavy atom. The molecule has 11 heavy (non-hydrogen) atoms. The van der Waals surface area contributed by atoms with Crippen LogP contribution in [0.25, 0.3) is 0 Å². The zero-order valence-corrected chi connectivity index (χ0v) is 6.75. The van der Waals surface area contributed by atoms with Crippen LogP contribution in [0.3, 0.4) is 0 Å². The second-order valence-corrected chi connectivity index (χ2v) is 2.31. The van der Waals surface area contributed by atoms with Crippen LogP contribution in [-0.2, 0) is 9.68 Å². The predicted molar refractivity (Wildman–Crippen MR) is 42.0 cm³/mol. The summed E-state index contributed by atoms with van der Waals surface area (Å²) in [5.41, 5.74) is 0. The fraction of sp³-hybridized carbons (Fsp3) is 0.625. The molecule has 0 fully saturated rings. The van der Waals surface area contributed by atoms with Crippen molar-refractivity contribution in [2.45, 2.75) is 32.6 Å². The van der Waals surface area contributed by atoms with E-state index in [0.29, 0.717) is 0 Å². The Labute approximate surface area is 66.6 Å². The highest BCUT2D eigenvalue weighted by Gasteiger charge is 1.90. The first kappa shape index (κ1) is 10.2. The second kappa shape index (κ2) is 7.28. The highest BCUT2D eigenvalue weighted by Crippen LogP contribution is 1.99. The minimum absolute atomic E-state index is 0.707. The monoisotopic (exact) mass is 158 g/mol. The maximum atomic E-state index is 10.3. The van der Waals surface area contributed by atoms with Crippen LogP contribution in [0.1, 0.15) is 32.6 Å². The fourth-order valence-corrected chi connectivity index (χ4v) is 0.722. The van der Waals surface area contributed by atoms with Crippen LogP contribution in [0.5, 0.6) is 0 Å². The van der Waals surface area contributed by atoms with Crippen LogP contribution >= 0.6 is 0 Å². The van der Waals surface area contributed by atoms with Crippen LogP contribution in [0, 0.1) is 0 Å². The average Bonchev–Trinajstić information content (AvgIpc) is 2.04. The molecule has 0 aromatic carbocycles. The molecular formula is C8H14O3. The number of rotatable bonds is 5. The Kier molecular flexibility index (Phi) is 6.73. The number of unbranched alkanes of at least 4 members (excludes halogenated alkanes) is 3. The first-order chi connectivity index (χ1) is 5.31. The molecule has 0 unspecified atom stereocenters. The van der Waals surface area contributed by atoms with Gasteiger partial charge in [-0.15, -0.1) is 0 Å². The van der Waals surface area contributed by atoms with Crippen molar-refractivity contribution < 1.29 is 14.9 Å². The molecule has 1 N–H and O–H groups in total. The lowest BCUT2D eigenvalue weighted by Crippen LogP contribution is -1.93. The van der Waals surface area contributed by atoms with Crippen molar-refractivity contribution in [3.8, 4) is 0 Å². The van der Waals surface area contributed by atoms with Crippen LogP contribution in [0.2, 0.25) is 0 Å². The van der Waals surface area contributed by atoms with E-state index in [0.717, 1.165) is 19.3 Å². The average molecular weight is 158 g/mol. The van der Waals surface area contributed by atoms with Gasteiger partial charge in [-0.05, 0) is 12.8 Å². The Hall–Kier alpha value is -0.830. The van der Waals surface area contributed by atoms with E-state index in [-0.39, 0.29) is 0 Å². The molecule has 0 heterocycles. The largest absolute Gasteiger partial charge is 0.365 e. The van der Waals surface area contributed by atoms with Gasteiger partial charge in [-0.3, -0.25) is 4.89 Å². The number of carbonyl (C=O) groups excluding carboxylic acids is 1. The number of hydrogen-bond donors (Lipinski definition) is 1. The maximum Gasteiger partial charge on any atom is 0.365 e. The Morgan fingerprint density at radius 1 is 1.55 bits per heavy atom. The Morgan fingerprint density at radius 2 is 2.27 bits per heavy atom. The van der Waals surface area contributed by atoms with Gasteiger partial charge in [-0.1, -0.05) is 25.8 Å². The van der Waals surface area contributed by atoms with Crippen LogP contribution in [0.4, 0.5) is 0 Å². The molecule has 0 atom stereocenters. The summed E-state index contributed by atoms with van der Waals surface area (Å²) in [4.78, 5) is 13.7. The zero-order valence-electron chi connectivity index (χ0n) is 6.75. The van der Waals surface area contributed by atoms with Crippen molar-refractivity contribution in [2.75, 3.05) is 0 Å². The van der Waals surface area contributed by atoms with Crippen molar-refractivity contribution in [3.63, 3.8) is 0 Å². The van der Waals surface area contributed by atoms with Gasteiger partial charge in [0.25, 0.3) is 0 Å². The van der Waals surface area contributed by atoms with E-state index in [4.69, 9.17) is 5.26 Å². The van der Waals surface area contributed by atoms with Crippen molar-refractivity contribution in [2.24, 2.45) is 0 Å². The highest BCUT2D eigenvalue weighted by atomic mass is 17.1. The van der Waals surface area contributed by atoms with Gasteiger partial charge in [0, 0.05) is 6.08 Å². The fourth-order valence-electron chi connectivity index (χ4n) is 0.722. The van der Waals surface area contributed by atoms with E-state index < -0.39 is 5.97 Å². The number of hydrogen-bond acceptors (Lipinski definition) is 3. The molecule has 0 aromatic heterocycles. The number of carbonyl (C=O) groups is 1. The van der Waals surface area contributed by atoms with Crippen LogP contribution < -0.4 is 0 Å². The van der Waals surface area contributed by atoms with Crippen molar-refractivity contribution in [3.05, 3.63) is 12.2 Å². The van der Waals surface area contributed by atoms with Crippen molar-refractivity contribution in [1.29, 1.82) is 0 Å². The lowest BCUT2D eigenvalue weighted by Gasteiger charge is -1.90. The molecule has 0 spiro atoms. The minimum atomic E-state index is -0.707. The normalized spacial score (nSPS) is 10.4. The Bertz CT molecular complexity index is 129. The summed E-state index contributed by atoms with van der Waals surface area (Å²) in [6.45, 7) is 2.12. The summed E-state index contributed by atoms with van der Waals surface area (Å²) in [6.07, 6.45) is 7.20. The summed E-state index contributed by atoms with van der Waals surface area (Å²) in [6, 6.07) is 0. The second-order valence-electron chi connectivity index (χ2n) is 2.31. The molecule has 0 aliphatic carbocycles. The SMILES string of the molecule is CCCCCC=CC(=O)OO. The van der Waals surface area contributed by atoms with E-state index in [2.05, 4.69) is 11.8 Å². The lowest BCUT2D eigenvalue weighted by molar-refractivity contribution is -0.228. The first-order valence-corrected chi connectivity index (χ1v) is 3.83. The van der Waals surface area contributed by atoms with Gasteiger partial charge in [0.05, 0.1) is 0 Å². The molecule has 0 aromatic rings. The van der Waals surface area contributed by atoms with Gasteiger partial charge in [0.2, 0.25) is 0 Å². The smallest absolute Gasteiger partial charge is 0.296 e. The minimum Gasteiger partial charge on any atom is -0.296 e. The molecule has 0 rings (SSSR count). The molecule has 0 radical (unpaired) electrons. The summed E-state index contributed by atoms with van der Waals surface area (Å²) >= 11 is 0. The first-order valence-electron chi connectivity index (χ1n) is 3.83. The lowest BCUT2D eigenvalue weighted by atomic mass is 10.2. The highest BCUT2D eigenvalue weighted by molar-refractivity contribution is 5.81. The van der Waals surface area contributed by atoms with Gasteiger partial charge in [0.15, 0.2) is 0 Å². The predicted octanol–water partition coefficient (Wildman–Crippen LogP) is 2.14. The molecule has 64 valence electrons. The standard InChI is InChI=1S/C8H14O3/c1-2-3-4-5-6-7-8(9)11-10/h6-7,10H,2-5H2,1H3. The quantitative estimate of drug-likeness (QED) is 0.288. The summed E-state index contributed by atoms with van der Waals surface area (Å²) in [7, 11) is 0. The third-order valence-corrected chi connectivity index (χ3v) is 1.32. The molecule has 0 amide bonds. The zero-order chi connectivity index (χ0) is 8.53. The Balaban J connectivity index is 3.22. The van der Waals surface area contributed by atoms with Gasteiger partial charge >= 0.3 is 5.97 Å². The topological polar surface area (TPSA) is 46.5 Å². The molecule has 3 heteroatoms.